The summed E-state index contributed by atoms with van der Waals surface area (Å²) in [5.41, 5.74) is -0.0805. The summed E-state index contributed by atoms with van der Waals surface area (Å²) in [6, 6.07) is 8.72. The second-order valence-corrected chi connectivity index (χ2v) is 5.09. The van der Waals surface area contributed by atoms with Gasteiger partial charge in [0.2, 0.25) is 0 Å². The number of rotatable bonds is 6. The minimum absolute atomic E-state index is 0.0109. The van der Waals surface area contributed by atoms with Crippen molar-refractivity contribution in [3.05, 3.63) is 53.6 Å². The zero-order valence-corrected chi connectivity index (χ0v) is 13.3. The number of ether oxygens (including phenoxy) is 2. The lowest BCUT2D eigenvalue weighted by Crippen LogP contribution is -2.28. The lowest BCUT2D eigenvalue weighted by Gasteiger charge is -2.10. The molecule has 0 fully saturated rings. The smallest absolute Gasteiger partial charge is 0.416 e. The molecular formula is C17H16F3NO4. The summed E-state index contributed by atoms with van der Waals surface area (Å²) >= 11 is 0. The van der Waals surface area contributed by atoms with Crippen molar-refractivity contribution in [2.45, 2.75) is 12.7 Å². The number of carbonyl (C=O) groups is 1. The van der Waals surface area contributed by atoms with E-state index in [4.69, 9.17) is 9.47 Å². The lowest BCUT2D eigenvalue weighted by molar-refractivity contribution is -0.137. The summed E-state index contributed by atoms with van der Waals surface area (Å²) in [5, 5.41) is 12.1. The number of amides is 1. The van der Waals surface area contributed by atoms with Crippen LogP contribution in [-0.2, 0) is 17.5 Å². The molecule has 0 aliphatic carbocycles. The van der Waals surface area contributed by atoms with Crippen LogP contribution in [0.3, 0.4) is 0 Å². The maximum absolute atomic E-state index is 12.4. The van der Waals surface area contributed by atoms with Gasteiger partial charge in [0.05, 0.1) is 12.7 Å². The third-order valence-electron chi connectivity index (χ3n) is 3.29. The fraction of sp³-hybridized carbons (Fsp3) is 0.235. The quantitative estimate of drug-likeness (QED) is 0.836. The minimum atomic E-state index is -4.42. The molecule has 0 spiro atoms. The van der Waals surface area contributed by atoms with Crippen LogP contribution in [0.4, 0.5) is 13.2 Å². The van der Waals surface area contributed by atoms with Gasteiger partial charge in [-0.1, -0.05) is 6.07 Å². The number of hydrogen-bond donors (Lipinski definition) is 2. The van der Waals surface area contributed by atoms with E-state index in [1.54, 1.807) is 12.1 Å². The number of phenolic OH excluding ortho intramolecular Hbond substituents is 1. The number of halogens is 3. The van der Waals surface area contributed by atoms with Crippen LogP contribution < -0.4 is 14.8 Å². The summed E-state index contributed by atoms with van der Waals surface area (Å²) in [4.78, 5) is 11.7. The van der Waals surface area contributed by atoms with Crippen LogP contribution in [-0.4, -0.2) is 24.7 Å². The molecular weight excluding hydrogens is 339 g/mol. The molecule has 0 aromatic heterocycles. The van der Waals surface area contributed by atoms with Crippen LogP contribution in [0.5, 0.6) is 17.2 Å². The molecule has 0 unspecified atom stereocenters. The maximum Gasteiger partial charge on any atom is 0.416 e. The van der Waals surface area contributed by atoms with Gasteiger partial charge in [-0.15, -0.1) is 0 Å². The van der Waals surface area contributed by atoms with E-state index in [0.717, 1.165) is 24.3 Å². The average Bonchev–Trinajstić information content (AvgIpc) is 2.58. The van der Waals surface area contributed by atoms with E-state index in [1.807, 2.05) is 0 Å². The van der Waals surface area contributed by atoms with Gasteiger partial charge < -0.3 is 19.9 Å². The van der Waals surface area contributed by atoms with Crippen LogP contribution in [0.1, 0.15) is 11.1 Å². The summed E-state index contributed by atoms with van der Waals surface area (Å²) in [6.07, 6.45) is -4.42. The molecule has 2 rings (SSSR count). The van der Waals surface area contributed by atoms with E-state index in [0.29, 0.717) is 5.56 Å². The van der Waals surface area contributed by atoms with Gasteiger partial charge in [0.25, 0.3) is 5.91 Å². The van der Waals surface area contributed by atoms with Gasteiger partial charge in [-0.2, -0.15) is 13.2 Å². The Balaban J connectivity index is 1.83. The summed E-state index contributed by atoms with van der Waals surface area (Å²) < 4.78 is 47.4. The largest absolute Gasteiger partial charge is 0.504 e. The Morgan fingerprint density at radius 3 is 2.44 bits per heavy atom. The normalized spacial score (nSPS) is 11.0. The predicted octanol–water partition coefficient (Wildman–Crippen LogP) is 3.11. The van der Waals surface area contributed by atoms with Crippen LogP contribution in [0.15, 0.2) is 42.5 Å². The highest BCUT2D eigenvalue weighted by atomic mass is 19.4. The lowest BCUT2D eigenvalue weighted by atomic mass is 10.2. The maximum atomic E-state index is 12.4. The molecule has 0 bridgehead atoms. The molecule has 0 radical (unpaired) electrons. The summed E-state index contributed by atoms with van der Waals surface area (Å²) in [5.74, 6) is -0.00245. The van der Waals surface area contributed by atoms with Gasteiger partial charge in [0, 0.05) is 6.54 Å². The second kappa shape index (κ2) is 7.78. The predicted molar refractivity (Wildman–Crippen MR) is 83.4 cm³/mol. The van der Waals surface area contributed by atoms with E-state index in [1.165, 1.54) is 13.2 Å². The van der Waals surface area contributed by atoms with Gasteiger partial charge in [0.1, 0.15) is 5.75 Å². The van der Waals surface area contributed by atoms with Gasteiger partial charge in [-0.25, -0.2) is 0 Å². The van der Waals surface area contributed by atoms with Crippen molar-refractivity contribution < 1.29 is 32.5 Å². The number of alkyl halides is 3. The number of aromatic hydroxyl groups is 1. The Hall–Kier alpha value is -2.90. The van der Waals surface area contributed by atoms with E-state index in [9.17, 15) is 23.1 Å². The first kappa shape index (κ1) is 18.4. The molecule has 2 aromatic carbocycles. The molecule has 0 heterocycles. The van der Waals surface area contributed by atoms with E-state index in [2.05, 4.69) is 5.32 Å². The third kappa shape index (κ3) is 5.30. The Morgan fingerprint density at radius 1 is 1.16 bits per heavy atom. The molecule has 5 nitrogen and oxygen atoms in total. The standard InChI is InChI=1S/C17H16F3NO4/c1-24-15-8-11(2-7-14(15)22)9-21-16(23)10-25-13-5-3-12(4-6-13)17(18,19)20/h2-8,22H,9-10H2,1H3,(H,21,23). The van der Waals surface area contributed by atoms with Gasteiger partial charge in [-0.05, 0) is 42.0 Å². The molecule has 0 saturated heterocycles. The van der Waals surface area contributed by atoms with E-state index in [-0.39, 0.29) is 30.4 Å². The fourth-order valence-corrected chi connectivity index (χ4v) is 1.97. The molecule has 134 valence electrons. The van der Waals surface area contributed by atoms with Crippen molar-refractivity contribution >= 4 is 5.91 Å². The zero-order valence-electron chi connectivity index (χ0n) is 13.3. The van der Waals surface area contributed by atoms with Crippen LogP contribution >= 0.6 is 0 Å². The molecule has 2 aromatic rings. The number of carbonyl (C=O) groups excluding carboxylic acids is 1. The first-order valence-electron chi connectivity index (χ1n) is 7.22. The molecule has 0 aliphatic heterocycles. The molecule has 0 saturated carbocycles. The van der Waals surface area contributed by atoms with Crippen molar-refractivity contribution in [3.8, 4) is 17.2 Å². The first-order chi connectivity index (χ1) is 11.8. The zero-order chi connectivity index (χ0) is 18.4. The van der Waals surface area contributed by atoms with Crippen LogP contribution in [0.25, 0.3) is 0 Å². The van der Waals surface area contributed by atoms with E-state index < -0.39 is 17.6 Å². The number of methoxy groups -OCH3 is 1. The monoisotopic (exact) mass is 355 g/mol. The molecule has 25 heavy (non-hydrogen) atoms. The number of benzene rings is 2. The van der Waals surface area contributed by atoms with Crippen LogP contribution in [0.2, 0.25) is 0 Å². The summed E-state index contributed by atoms with van der Waals surface area (Å²) in [6.45, 7) is -0.146. The number of phenols is 1. The van der Waals surface area contributed by atoms with Gasteiger partial charge in [-0.3, -0.25) is 4.79 Å². The topological polar surface area (TPSA) is 67.8 Å². The Morgan fingerprint density at radius 2 is 1.84 bits per heavy atom. The third-order valence-corrected chi connectivity index (χ3v) is 3.29. The highest BCUT2D eigenvalue weighted by Crippen LogP contribution is 2.30. The summed E-state index contributed by atoms with van der Waals surface area (Å²) in [7, 11) is 1.41. The van der Waals surface area contributed by atoms with Crippen molar-refractivity contribution in [1.82, 2.24) is 5.32 Å². The Labute approximate surface area is 142 Å². The Bertz CT molecular complexity index is 730. The van der Waals surface area contributed by atoms with Crippen molar-refractivity contribution in [2.24, 2.45) is 0 Å². The Kier molecular flexibility index (Phi) is 5.74. The first-order valence-corrected chi connectivity index (χ1v) is 7.22. The van der Waals surface area contributed by atoms with Crippen molar-refractivity contribution in [3.63, 3.8) is 0 Å². The van der Waals surface area contributed by atoms with Gasteiger partial charge in [0.15, 0.2) is 18.1 Å². The highest BCUT2D eigenvalue weighted by molar-refractivity contribution is 5.77. The molecule has 0 atom stereocenters. The van der Waals surface area contributed by atoms with E-state index >= 15 is 0 Å². The second-order valence-electron chi connectivity index (χ2n) is 5.09. The molecule has 0 aliphatic rings. The van der Waals surface area contributed by atoms with Gasteiger partial charge >= 0.3 is 6.18 Å². The molecule has 8 heteroatoms. The fourth-order valence-electron chi connectivity index (χ4n) is 1.97. The average molecular weight is 355 g/mol. The number of hydrogen-bond acceptors (Lipinski definition) is 4. The highest BCUT2D eigenvalue weighted by Gasteiger charge is 2.30. The van der Waals surface area contributed by atoms with Crippen molar-refractivity contribution in [2.75, 3.05) is 13.7 Å². The van der Waals surface area contributed by atoms with Crippen molar-refractivity contribution in [1.29, 1.82) is 0 Å². The van der Waals surface area contributed by atoms with Crippen LogP contribution in [0, 0.1) is 0 Å². The minimum Gasteiger partial charge on any atom is -0.504 e. The molecule has 2 N–H and O–H groups in total. The SMILES string of the molecule is COc1cc(CNC(=O)COc2ccc(C(F)(F)F)cc2)ccc1O. The number of nitrogens with one attached hydrogen (secondary N) is 1. The molecule has 1 amide bonds.